The van der Waals surface area contributed by atoms with Crippen LogP contribution in [0.1, 0.15) is 41.5 Å². The zero-order chi connectivity index (χ0) is 20.9. The first-order chi connectivity index (χ1) is 14.4. The molecule has 3 aromatic heterocycles. The zero-order valence-corrected chi connectivity index (χ0v) is 16.0. The van der Waals surface area contributed by atoms with E-state index in [1.165, 1.54) is 0 Å². The summed E-state index contributed by atoms with van der Waals surface area (Å²) in [5.41, 5.74) is 1.59. The molecule has 0 unspecified atom stereocenters. The summed E-state index contributed by atoms with van der Waals surface area (Å²) in [6.07, 6.45) is 2.75. The number of hydrogen-bond acceptors (Lipinski definition) is 5. The molecule has 3 heterocycles. The van der Waals surface area contributed by atoms with E-state index in [0.717, 1.165) is 42.4 Å². The number of rotatable bonds is 5. The maximum absolute atomic E-state index is 15.3. The van der Waals surface area contributed by atoms with Gasteiger partial charge in [-0.15, -0.1) is 0 Å². The van der Waals surface area contributed by atoms with Crippen LogP contribution in [0.25, 0.3) is 10.9 Å². The van der Waals surface area contributed by atoms with Crippen molar-refractivity contribution in [2.45, 2.75) is 31.6 Å². The molecule has 6 nitrogen and oxygen atoms in total. The number of anilines is 2. The summed E-state index contributed by atoms with van der Waals surface area (Å²) in [5, 5.41) is 10.6. The molecule has 9 heteroatoms. The van der Waals surface area contributed by atoms with E-state index in [1.807, 2.05) is 19.1 Å². The number of benzene rings is 1. The predicted molar refractivity (Wildman–Crippen MR) is 105 cm³/mol. The Morgan fingerprint density at radius 3 is 2.63 bits per heavy atom. The average Bonchev–Trinajstić information content (AvgIpc) is 3.49. The Hall–Kier alpha value is -3.49. The number of halogens is 3. The number of hydrogen-bond donors (Lipinski definition) is 2. The van der Waals surface area contributed by atoms with Gasteiger partial charge in [-0.3, -0.25) is 10.1 Å². The Bertz CT molecular complexity index is 1230. The third kappa shape index (κ3) is 3.26. The molecule has 0 atom stereocenters. The van der Waals surface area contributed by atoms with E-state index in [4.69, 9.17) is 0 Å². The lowest BCUT2D eigenvalue weighted by molar-refractivity contribution is 0.0285. The van der Waals surface area contributed by atoms with Gasteiger partial charge in [-0.25, -0.2) is 14.4 Å². The van der Waals surface area contributed by atoms with E-state index in [-0.39, 0.29) is 5.82 Å². The Balaban J connectivity index is 1.69. The van der Waals surface area contributed by atoms with Crippen LogP contribution in [0.3, 0.4) is 0 Å². The third-order valence-electron chi connectivity index (χ3n) is 5.06. The Morgan fingerprint density at radius 1 is 1.13 bits per heavy atom. The molecular formula is C21H17F3N6. The van der Waals surface area contributed by atoms with Crippen molar-refractivity contribution in [2.24, 2.45) is 0 Å². The minimum Gasteiger partial charge on any atom is -0.323 e. The van der Waals surface area contributed by atoms with E-state index in [2.05, 4.69) is 30.5 Å². The zero-order valence-electron chi connectivity index (χ0n) is 16.0. The van der Waals surface area contributed by atoms with Crippen LogP contribution < -0.4 is 5.32 Å². The van der Waals surface area contributed by atoms with Gasteiger partial charge in [-0.05, 0) is 49.4 Å². The fourth-order valence-electron chi connectivity index (χ4n) is 3.41. The number of nitrogens with one attached hydrogen (secondary N) is 2. The number of alkyl halides is 2. The summed E-state index contributed by atoms with van der Waals surface area (Å²) >= 11 is 0. The van der Waals surface area contributed by atoms with Crippen LogP contribution in [-0.2, 0) is 5.92 Å². The molecule has 152 valence electrons. The fourth-order valence-corrected chi connectivity index (χ4v) is 3.41. The summed E-state index contributed by atoms with van der Waals surface area (Å²) < 4.78 is 43.7. The standard InChI is InChI=1S/C21H17F3N6/c1-11-9-17(30-29-11)26-19-15-4-2-3-14(12-5-6-12)18(15)27-20(28-19)21(23,24)16-8-7-13(22)10-25-16/h2-4,7-10,12H,5-6H2,1H3,(H2,26,27,28,29,30). The molecule has 2 N–H and O–H groups in total. The molecule has 1 saturated carbocycles. The van der Waals surface area contributed by atoms with Gasteiger partial charge in [0.1, 0.15) is 17.3 Å². The van der Waals surface area contributed by atoms with Crippen molar-refractivity contribution in [3.05, 3.63) is 71.2 Å². The first-order valence-electron chi connectivity index (χ1n) is 9.52. The highest BCUT2D eigenvalue weighted by Gasteiger charge is 2.40. The number of aromatic amines is 1. The number of para-hydroxylation sites is 1. The SMILES string of the molecule is Cc1cc(Nc2nc(C(F)(F)c3ccc(F)cn3)nc3c(C4CC4)cccc23)n[nH]1. The molecule has 1 fully saturated rings. The van der Waals surface area contributed by atoms with Crippen molar-refractivity contribution >= 4 is 22.5 Å². The van der Waals surface area contributed by atoms with Gasteiger partial charge in [0.15, 0.2) is 5.82 Å². The average molecular weight is 410 g/mol. The van der Waals surface area contributed by atoms with Gasteiger partial charge >= 0.3 is 5.92 Å². The highest BCUT2D eigenvalue weighted by Crippen LogP contribution is 2.44. The van der Waals surface area contributed by atoms with Crippen LogP contribution >= 0.6 is 0 Å². The molecule has 0 amide bonds. The van der Waals surface area contributed by atoms with Gasteiger partial charge < -0.3 is 5.32 Å². The molecule has 0 aliphatic heterocycles. The largest absolute Gasteiger partial charge is 0.348 e. The van der Waals surface area contributed by atoms with Crippen LogP contribution in [0, 0.1) is 12.7 Å². The van der Waals surface area contributed by atoms with Crippen molar-refractivity contribution in [3.8, 4) is 0 Å². The van der Waals surface area contributed by atoms with Crippen LogP contribution in [0.4, 0.5) is 24.8 Å². The topological polar surface area (TPSA) is 79.4 Å². The Labute approximate surface area is 169 Å². The molecule has 5 rings (SSSR count). The van der Waals surface area contributed by atoms with Gasteiger partial charge in [0.2, 0.25) is 5.82 Å². The van der Waals surface area contributed by atoms with Gasteiger partial charge in [-0.2, -0.15) is 13.9 Å². The van der Waals surface area contributed by atoms with Crippen LogP contribution in [-0.4, -0.2) is 25.1 Å². The molecule has 1 aromatic carbocycles. The summed E-state index contributed by atoms with van der Waals surface area (Å²) in [6, 6.07) is 9.21. The normalized spacial score (nSPS) is 14.3. The molecule has 0 spiro atoms. The monoisotopic (exact) mass is 410 g/mol. The van der Waals surface area contributed by atoms with Crippen molar-refractivity contribution in [2.75, 3.05) is 5.32 Å². The van der Waals surface area contributed by atoms with Gasteiger partial charge in [0.25, 0.3) is 0 Å². The van der Waals surface area contributed by atoms with Gasteiger partial charge in [0.05, 0.1) is 11.7 Å². The summed E-state index contributed by atoms with van der Waals surface area (Å²) in [7, 11) is 0. The molecule has 1 aliphatic rings. The quantitative estimate of drug-likeness (QED) is 0.486. The summed E-state index contributed by atoms with van der Waals surface area (Å²) in [5.74, 6) is -4.01. The number of nitrogens with zero attached hydrogens (tertiary/aromatic N) is 4. The summed E-state index contributed by atoms with van der Waals surface area (Å²) in [4.78, 5) is 11.9. The summed E-state index contributed by atoms with van der Waals surface area (Å²) in [6.45, 7) is 1.83. The molecule has 0 radical (unpaired) electrons. The van der Waals surface area contributed by atoms with Crippen molar-refractivity contribution < 1.29 is 13.2 Å². The van der Waals surface area contributed by atoms with E-state index in [9.17, 15) is 4.39 Å². The van der Waals surface area contributed by atoms with Crippen molar-refractivity contribution in [1.82, 2.24) is 25.1 Å². The number of pyridine rings is 1. The molecule has 4 aromatic rings. The molecule has 0 saturated heterocycles. The number of aromatic nitrogens is 5. The highest BCUT2D eigenvalue weighted by atomic mass is 19.3. The van der Waals surface area contributed by atoms with Crippen LogP contribution in [0.5, 0.6) is 0 Å². The lowest BCUT2D eigenvalue weighted by Gasteiger charge is -2.17. The first-order valence-corrected chi connectivity index (χ1v) is 9.52. The third-order valence-corrected chi connectivity index (χ3v) is 5.06. The highest BCUT2D eigenvalue weighted by molar-refractivity contribution is 5.93. The second-order valence-corrected chi connectivity index (χ2v) is 7.41. The van der Waals surface area contributed by atoms with E-state index in [1.54, 1.807) is 12.1 Å². The molecule has 0 bridgehead atoms. The molecule has 1 aliphatic carbocycles. The van der Waals surface area contributed by atoms with Gasteiger partial charge in [0, 0.05) is 17.1 Å². The van der Waals surface area contributed by atoms with Crippen molar-refractivity contribution in [1.29, 1.82) is 0 Å². The minimum atomic E-state index is -3.60. The second-order valence-electron chi connectivity index (χ2n) is 7.41. The fraction of sp³-hybridized carbons (Fsp3) is 0.238. The Kier molecular flexibility index (Phi) is 4.19. The van der Waals surface area contributed by atoms with E-state index in [0.29, 0.717) is 22.6 Å². The maximum Gasteiger partial charge on any atom is 0.348 e. The first kappa shape index (κ1) is 18.5. The van der Waals surface area contributed by atoms with E-state index >= 15 is 8.78 Å². The minimum absolute atomic E-state index is 0.228. The lowest BCUT2D eigenvalue weighted by Crippen LogP contribution is -2.21. The smallest absolute Gasteiger partial charge is 0.323 e. The van der Waals surface area contributed by atoms with Gasteiger partial charge in [-0.1, -0.05) is 12.1 Å². The lowest BCUT2D eigenvalue weighted by atomic mass is 10.1. The van der Waals surface area contributed by atoms with Crippen LogP contribution in [0.2, 0.25) is 0 Å². The molecular weight excluding hydrogens is 393 g/mol. The maximum atomic E-state index is 15.3. The number of fused-ring (bicyclic) bond motifs is 1. The number of aryl methyl sites for hydroxylation is 1. The second kappa shape index (κ2) is 6.79. The van der Waals surface area contributed by atoms with Crippen molar-refractivity contribution in [3.63, 3.8) is 0 Å². The van der Waals surface area contributed by atoms with E-state index < -0.39 is 23.3 Å². The Morgan fingerprint density at radius 2 is 1.97 bits per heavy atom. The van der Waals surface area contributed by atoms with Crippen LogP contribution in [0.15, 0.2) is 42.6 Å². The molecule has 30 heavy (non-hydrogen) atoms. The number of H-pyrrole nitrogens is 1. The predicted octanol–water partition coefficient (Wildman–Crippen LogP) is 4.96.